The Labute approximate surface area is 152 Å². The summed E-state index contributed by atoms with van der Waals surface area (Å²) in [5.74, 6) is 0.874. The standard InChI is InChI=1S/C20H24N4O2/c1-13-18(14(2)26-23-13)12-24-9-3-4-17(11-24)22-20(25)16-6-5-15-7-8-21-19(15)10-16/h5-8,10,17,21H,3-4,9,11-12H2,1-2H3,(H,22,25). The number of hydrogen-bond acceptors (Lipinski definition) is 4. The molecule has 1 atom stereocenters. The van der Waals surface area contributed by atoms with Crippen LogP contribution in [0.3, 0.4) is 0 Å². The van der Waals surface area contributed by atoms with Crippen LogP contribution in [-0.2, 0) is 6.54 Å². The lowest BCUT2D eigenvalue weighted by Gasteiger charge is -2.33. The molecule has 1 amide bonds. The summed E-state index contributed by atoms with van der Waals surface area (Å²) in [4.78, 5) is 18.2. The molecule has 6 nitrogen and oxygen atoms in total. The van der Waals surface area contributed by atoms with E-state index >= 15 is 0 Å². The van der Waals surface area contributed by atoms with Crippen molar-refractivity contribution in [2.45, 2.75) is 39.3 Å². The molecule has 0 bridgehead atoms. The number of aromatic nitrogens is 2. The number of aryl methyl sites for hydroxylation is 2. The van der Waals surface area contributed by atoms with Crippen LogP contribution in [0, 0.1) is 13.8 Å². The summed E-state index contributed by atoms with van der Waals surface area (Å²) in [7, 11) is 0. The van der Waals surface area contributed by atoms with Crippen molar-refractivity contribution in [2.75, 3.05) is 13.1 Å². The van der Waals surface area contributed by atoms with Gasteiger partial charge in [0.25, 0.3) is 5.91 Å². The molecule has 1 unspecified atom stereocenters. The van der Waals surface area contributed by atoms with E-state index in [4.69, 9.17) is 4.52 Å². The predicted octanol–water partition coefficient (Wildman–Crippen LogP) is 3.17. The Morgan fingerprint density at radius 2 is 2.27 bits per heavy atom. The van der Waals surface area contributed by atoms with Crippen molar-refractivity contribution in [1.29, 1.82) is 0 Å². The zero-order valence-corrected chi connectivity index (χ0v) is 15.2. The Balaban J connectivity index is 1.40. The number of nitrogens with zero attached hydrogens (tertiary/aromatic N) is 2. The summed E-state index contributed by atoms with van der Waals surface area (Å²) in [6.45, 7) is 6.63. The van der Waals surface area contributed by atoms with Crippen molar-refractivity contribution in [3.8, 4) is 0 Å². The molecule has 136 valence electrons. The fraction of sp³-hybridized carbons (Fsp3) is 0.400. The minimum atomic E-state index is -0.00862. The van der Waals surface area contributed by atoms with Gasteiger partial charge in [-0.05, 0) is 56.8 Å². The molecule has 0 aliphatic carbocycles. The van der Waals surface area contributed by atoms with Gasteiger partial charge < -0.3 is 14.8 Å². The number of carbonyl (C=O) groups is 1. The number of nitrogens with one attached hydrogen (secondary N) is 2. The topological polar surface area (TPSA) is 74.2 Å². The molecule has 1 saturated heterocycles. The summed E-state index contributed by atoms with van der Waals surface area (Å²) in [5.41, 5.74) is 3.80. The van der Waals surface area contributed by atoms with Crippen molar-refractivity contribution in [1.82, 2.24) is 20.4 Å². The van der Waals surface area contributed by atoms with E-state index in [2.05, 4.69) is 20.4 Å². The van der Waals surface area contributed by atoms with Crippen LogP contribution in [0.15, 0.2) is 35.0 Å². The van der Waals surface area contributed by atoms with E-state index in [1.165, 1.54) is 0 Å². The van der Waals surface area contributed by atoms with Gasteiger partial charge in [-0.25, -0.2) is 0 Å². The number of H-pyrrole nitrogens is 1. The number of benzene rings is 1. The van der Waals surface area contributed by atoms with Gasteiger partial charge >= 0.3 is 0 Å². The number of hydrogen-bond donors (Lipinski definition) is 2. The molecule has 2 N–H and O–H groups in total. The molecular formula is C20H24N4O2. The van der Waals surface area contributed by atoms with E-state index in [1.54, 1.807) is 0 Å². The molecule has 0 spiro atoms. The van der Waals surface area contributed by atoms with Crippen LogP contribution in [0.2, 0.25) is 0 Å². The Bertz CT molecular complexity index is 907. The highest BCUT2D eigenvalue weighted by molar-refractivity contribution is 5.98. The van der Waals surface area contributed by atoms with Gasteiger partial charge in [-0.3, -0.25) is 9.69 Å². The van der Waals surface area contributed by atoms with Gasteiger partial charge in [0.05, 0.1) is 5.69 Å². The first-order valence-electron chi connectivity index (χ1n) is 9.12. The second kappa shape index (κ2) is 6.96. The molecule has 6 heteroatoms. The molecule has 1 aliphatic rings. The zero-order valence-electron chi connectivity index (χ0n) is 15.2. The van der Waals surface area contributed by atoms with Crippen molar-refractivity contribution < 1.29 is 9.32 Å². The van der Waals surface area contributed by atoms with Crippen LogP contribution in [0.1, 0.15) is 40.2 Å². The average molecular weight is 352 g/mol. The normalized spacial score (nSPS) is 18.3. The lowest BCUT2D eigenvalue weighted by molar-refractivity contribution is 0.0900. The van der Waals surface area contributed by atoms with E-state index in [1.807, 2.05) is 44.3 Å². The van der Waals surface area contributed by atoms with Crippen molar-refractivity contribution in [3.05, 3.63) is 53.0 Å². The molecule has 3 heterocycles. The summed E-state index contributed by atoms with van der Waals surface area (Å²) in [5, 5.41) is 8.35. The van der Waals surface area contributed by atoms with Gasteiger partial charge in [0.1, 0.15) is 5.76 Å². The maximum Gasteiger partial charge on any atom is 0.251 e. The Hall–Kier alpha value is -2.60. The summed E-state index contributed by atoms with van der Waals surface area (Å²) >= 11 is 0. The molecule has 26 heavy (non-hydrogen) atoms. The Kier molecular flexibility index (Phi) is 4.51. The minimum absolute atomic E-state index is 0.00862. The smallest absolute Gasteiger partial charge is 0.251 e. The fourth-order valence-corrected chi connectivity index (χ4v) is 3.73. The van der Waals surface area contributed by atoms with Crippen molar-refractivity contribution >= 4 is 16.8 Å². The van der Waals surface area contributed by atoms with Crippen LogP contribution >= 0.6 is 0 Å². The molecule has 0 saturated carbocycles. The van der Waals surface area contributed by atoms with Crippen LogP contribution in [-0.4, -0.2) is 40.1 Å². The molecule has 2 aromatic heterocycles. The van der Waals surface area contributed by atoms with Gasteiger partial charge in [0.2, 0.25) is 0 Å². The third-order valence-corrected chi connectivity index (χ3v) is 5.22. The number of amides is 1. The third kappa shape index (κ3) is 3.37. The Morgan fingerprint density at radius 3 is 3.08 bits per heavy atom. The summed E-state index contributed by atoms with van der Waals surface area (Å²) < 4.78 is 5.27. The van der Waals surface area contributed by atoms with Gasteiger partial charge in [0, 0.05) is 42.0 Å². The fourth-order valence-electron chi connectivity index (χ4n) is 3.73. The molecule has 0 radical (unpaired) electrons. The van der Waals surface area contributed by atoms with E-state index in [9.17, 15) is 4.79 Å². The number of likely N-dealkylation sites (tertiary alicyclic amines) is 1. The molecule has 1 aliphatic heterocycles. The van der Waals surface area contributed by atoms with Gasteiger partial charge in [-0.1, -0.05) is 11.2 Å². The average Bonchev–Trinajstić information content (AvgIpc) is 3.23. The maximum absolute atomic E-state index is 12.6. The molecule has 1 fully saturated rings. The third-order valence-electron chi connectivity index (χ3n) is 5.22. The molecule has 4 rings (SSSR count). The van der Waals surface area contributed by atoms with Crippen molar-refractivity contribution in [3.63, 3.8) is 0 Å². The number of rotatable bonds is 4. The Morgan fingerprint density at radius 1 is 1.38 bits per heavy atom. The monoisotopic (exact) mass is 352 g/mol. The molecule has 3 aromatic rings. The quantitative estimate of drug-likeness (QED) is 0.756. The highest BCUT2D eigenvalue weighted by Gasteiger charge is 2.23. The van der Waals surface area contributed by atoms with Crippen LogP contribution in [0.5, 0.6) is 0 Å². The van der Waals surface area contributed by atoms with Crippen LogP contribution in [0.25, 0.3) is 10.9 Å². The lowest BCUT2D eigenvalue weighted by Crippen LogP contribution is -2.47. The second-order valence-electron chi connectivity index (χ2n) is 7.13. The minimum Gasteiger partial charge on any atom is -0.361 e. The van der Waals surface area contributed by atoms with Gasteiger partial charge in [0.15, 0.2) is 0 Å². The zero-order chi connectivity index (χ0) is 18.1. The highest BCUT2D eigenvalue weighted by Crippen LogP contribution is 2.19. The van der Waals surface area contributed by atoms with E-state index in [-0.39, 0.29) is 11.9 Å². The van der Waals surface area contributed by atoms with Crippen molar-refractivity contribution in [2.24, 2.45) is 0 Å². The summed E-state index contributed by atoms with van der Waals surface area (Å²) in [6, 6.07) is 7.94. The predicted molar refractivity (Wildman–Crippen MR) is 100 cm³/mol. The first-order valence-corrected chi connectivity index (χ1v) is 9.12. The van der Waals surface area contributed by atoms with Gasteiger partial charge in [-0.15, -0.1) is 0 Å². The first kappa shape index (κ1) is 16.8. The first-order chi connectivity index (χ1) is 12.6. The van der Waals surface area contributed by atoms with Crippen LogP contribution in [0.4, 0.5) is 0 Å². The molecule has 1 aromatic carbocycles. The highest BCUT2D eigenvalue weighted by atomic mass is 16.5. The summed E-state index contributed by atoms with van der Waals surface area (Å²) in [6.07, 6.45) is 3.97. The number of aromatic amines is 1. The van der Waals surface area contributed by atoms with E-state index in [0.29, 0.717) is 5.56 Å². The van der Waals surface area contributed by atoms with E-state index < -0.39 is 0 Å². The largest absolute Gasteiger partial charge is 0.361 e. The number of fused-ring (bicyclic) bond motifs is 1. The molecular weight excluding hydrogens is 328 g/mol. The lowest BCUT2D eigenvalue weighted by atomic mass is 10.0. The van der Waals surface area contributed by atoms with E-state index in [0.717, 1.165) is 60.4 Å². The van der Waals surface area contributed by atoms with Crippen LogP contribution < -0.4 is 5.32 Å². The SMILES string of the molecule is Cc1noc(C)c1CN1CCCC(NC(=O)c2ccc3cc[nH]c3c2)C1. The number of carbonyl (C=O) groups excluding carboxylic acids is 1. The second-order valence-corrected chi connectivity index (χ2v) is 7.13. The van der Waals surface area contributed by atoms with Gasteiger partial charge in [-0.2, -0.15) is 0 Å². The number of piperidine rings is 1. The maximum atomic E-state index is 12.6.